The number of nitrogens with zero attached hydrogens (tertiary/aromatic N) is 1. The van der Waals surface area contributed by atoms with Crippen molar-refractivity contribution in [2.75, 3.05) is 27.6 Å². The summed E-state index contributed by atoms with van der Waals surface area (Å²) in [7, 11) is 3.08. The minimum atomic E-state index is -0.618. The van der Waals surface area contributed by atoms with Crippen LogP contribution in [0.1, 0.15) is 44.6 Å². The number of carbonyl (C=O) groups is 2. The molecular weight excluding hydrogens is 460 g/mol. The van der Waals surface area contributed by atoms with Gasteiger partial charge in [0.15, 0.2) is 23.0 Å². The Bertz CT molecular complexity index is 1370. The molecule has 0 saturated heterocycles. The maximum atomic E-state index is 13.9. The first-order valence-corrected chi connectivity index (χ1v) is 11.9. The Morgan fingerprint density at radius 3 is 2.61 bits per heavy atom. The van der Waals surface area contributed by atoms with Crippen LogP contribution in [-0.2, 0) is 17.8 Å². The van der Waals surface area contributed by atoms with Crippen molar-refractivity contribution < 1.29 is 28.5 Å². The van der Waals surface area contributed by atoms with E-state index in [0.717, 1.165) is 23.1 Å². The number of hydrogen-bond donors (Lipinski definition) is 1. The normalized spacial score (nSPS) is 19.2. The second-order valence-corrected chi connectivity index (χ2v) is 9.07. The molecule has 36 heavy (non-hydrogen) atoms. The third-order valence-corrected chi connectivity index (χ3v) is 7.22. The molecule has 3 aromatic carbocycles. The van der Waals surface area contributed by atoms with Gasteiger partial charge in [-0.25, -0.2) is 0 Å². The Kier molecular flexibility index (Phi) is 5.44. The Balaban J connectivity index is 1.41. The van der Waals surface area contributed by atoms with Crippen LogP contribution < -0.4 is 24.3 Å². The zero-order valence-electron chi connectivity index (χ0n) is 20.1. The van der Waals surface area contributed by atoms with Gasteiger partial charge in [-0.05, 0) is 52.9 Å². The average Bonchev–Trinajstić information content (AvgIpc) is 3.39. The molecule has 0 bridgehead atoms. The van der Waals surface area contributed by atoms with Crippen LogP contribution in [0.25, 0.3) is 0 Å². The highest BCUT2D eigenvalue weighted by molar-refractivity contribution is 6.02. The van der Waals surface area contributed by atoms with Crippen LogP contribution in [-0.4, -0.2) is 44.3 Å². The third-order valence-electron chi connectivity index (χ3n) is 7.22. The molecule has 0 radical (unpaired) electrons. The third kappa shape index (κ3) is 3.52. The molecule has 3 aliphatic heterocycles. The Labute approximate surface area is 208 Å². The zero-order valence-corrected chi connectivity index (χ0v) is 20.1. The maximum absolute atomic E-state index is 13.9. The Morgan fingerprint density at radius 2 is 1.78 bits per heavy atom. The number of nitrogens with one attached hydrogen (secondary N) is 1. The number of hydrogen-bond acceptors (Lipinski definition) is 6. The molecule has 2 atom stereocenters. The van der Waals surface area contributed by atoms with Crippen molar-refractivity contribution in [2.24, 2.45) is 0 Å². The highest BCUT2D eigenvalue weighted by atomic mass is 16.7. The lowest BCUT2D eigenvalue weighted by Crippen LogP contribution is -2.50. The Morgan fingerprint density at radius 1 is 1.00 bits per heavy atom. The molecule has 184 valence electrons. The second kappa shape index (κ2) is 8.78. The lowest BCUT2D eigenvalue weighted by atomic mass is 9.75. The topological polar surface area (TPSA) is 86.3 Å². The summed E-state index contributed by atoms with van der Waals surface area (Å²) < 4.78 is 21.9. The van der Waals surface area contributed by atoms with Crippen molar-refractivity contribution in [1.29, 1.82) is 0 Å². The number of carbonyl (C=O) groups excluding carboxylic acids is 2. The summed E-state index contributed by atoms with van der Waals surface area (Å²) in [4.78, 5) is 29.4. The molecule has 0 saturated carbocycles. The van der Waals surface area contributed by atoms with E-state index in [4.69, 9.17) is 18.9 Å². The van der Waals surface area contributed by atoms with E-state index in [1.165, 1.54) is 7.11 Å². The lowest BCUT2D eigenvalue weighted by Gasteiger charge is -2.45. The number of methoxy groups -OCH3 is 2. The monoisotopic (exact) mass is 486 g/mol. The van der Waals surface area contributed by atoms with Crippen LogP contribution in [0.2, 0.25) is 0 Å². The molecule has 8 nitrogen and oxygen atoms in total. The predicted molar refractivity (Wildman–Crippen MR) is 131 cm³/mol. The van der Waals surface area contributed by atoms with Crippen molar-refractivity contribution in [2.45, 2.75) is 24.9 Å². The van der Waals surface area contributed by atoms with Gasteiger partial charge < -0.3 is 29.2 Å². The van der Waals surface area contributed by atoms with Gasteiger partial charge in [0, 0.05) is 18.7 Å². The smallest absolute Gasteiger partial charge is 0.254 e. The van der Waals surface area contributed by atoms with E-state index in [1.54, 1.807) is 19.2 Å². The summed E-state index contributed by atoms with van der Waals surface area (Å²) in [6.45, 7) is 1.05. The number of fused-ring (bicyclic) bond motifs is 5. The molecule has 0 aromatic heterocycles. The van der Waals surface area contributed by atoms with Gasteiger partial charge >= 0.3 is 0 Å². The minimum Gasteiger partial charge on any atom is -0.493 e. The second-order valence-electron chi connectivity index (χ2n) is 9.07. The molecule has 8 heteroatoms. The van der Waals surface area contributed by atoms with E-state index in [0.29, 0.717) is 47.2 Å². The molecule has 1 N–H and O–H groups in total. The fourth-order valence-electron chi connectivity index (χ4n) is 5.48. The van der Waals surface area contributed by atoms with Crippen molar-refractivity contribution in [3.05, 3.63) is 82.4 Å². The van der Waals surface area contributed by atoms with Crippen LogP contribution >= 0.6 is 0 Å². The van der Waals surface area contributed by atoms with Gasteiger partial charge in [0.2, 0.25) is 12.7 Å². The molecule has 6 rings (SSSR count). The molecule has 0 fully saturated rings. The van der Waals surface area contributed by atoms with Crippen molar-refractivity contribution in [3.63, 3.8) is 0 Å². The SMILES string of the molecule is COc1cc2c(cc1OC)[C@@H](C(=O)NCc1ccc3c(c1)OCO3)[C@@H]1c3ccccc3CCN1C2=O. The molecule has 2 amide bonds. The fraction of sp³-hybridized carbons (Fsp3) is 0.286. The van der Waals surface area contributed by atoms with Crippen LogP contribution in [0, 0.1) is 0 Å². The molecule has 3 heterocycles. The summed E-state index contributed by atoms with van der Waals surface area (Å²) >= 11 is 0. The van der Waals surface area contributed by atoms with E-state index in [1.807, 2.05) is 41.3 Å². The van der Waals surface area contributed by atoms with Gasteiger partial charge in [0.1, 0.15) is 0 Å². The van der Waals surface area contributed by atoms with Crippen LogP contribution in [0.5, 0.6) is 23.0 Å². The summed E-state index contributed by atoms with van der Waals surface area (Å²) in [6, 6.07) is 16.7. The average molecular weight is 487 g/mol. The standard InChI is InChI=1S/C28H26N2O6/c1-33-22-12-19-20(13-23(22)34-2)28(32)30-10-9-17-5-3-4-6-18(17)26(30)25(19)27(31)29-14-16-7-8-21-24(11-16)36-15-35-21/h3-8,11-13,25-26H,9-10,14-15H2,1-2H3,(H,29,31)/t25-,26+/m1/s1. The van der Waals surface area contributed by atoms with Gasteiger partial charge in [0.05, 0.1) is 26.2 Å². The van der Waals surface area contributed by atoms with Crippen LogP contribution in [0.4, 0.5) is 0 Å². The minimum absolute atomic E-state index is 0.106. The summed E-state index contributed by atoms with van der Waals surface area (Å²) in [6.07, 6.45) is 0.743. The number of amides is 2. The van der Waals surface area contributed by atoms with Gasteiger partial charge in [-0.15, -0.1) is 0 Å². The van der Waals surface area contributed by atoms with Crippen molar-refractivity contribution in [3.8, 4) is 23.0 Å². The predicted octanol–water partition coefficient (Wildman–Crippen LogP) is 3.59. The first-order chi connectivity index (χ1) is 17.6. The van der Waals surface area contributed by atoms with Crippen molar-refractivity contribution >= 4 is 11.8 Å². The molecule has 0 spiro atoms. The van der Waals surface area contributed by atoms with Crippen molar-refractivity contribution in [1.82, 2.24) is 10.2 Å². The number of ether oxygens (including phenoxy) is 4. The molecule has 3 aromatic rings. The first kappa shape index (κ1) is 22.3. The Hall–Kier alpha value is -4.20. The number of rotatable bonds is 5. The first-order valence-electron chi connectivity index (χ1n) is 11.9. The summed E-state index contributed by atoms with van der Waals surface area (Å²) in [5, 5.41) is 3.10. The molecule has 0 aliphatic carbocycles. The van der Waals surface area contributed by atoms with E-state index >= 15 is 0 Å². The molecule has 0 unspecified atom stereocenters. The van der Waals surface area contributed by atoms with Crippen LogP contribution in [0.15, 0.2) is 54.6 Å². The highest BCUT2D eigenvalue weighted by Gasteiger charge is 2.46. The number of benzene rings is 3. The fourth-order valence-corrected chi connectivity index (χ4v) is 5.48. The maximum Gasteiger partial charge on any atom is 0.254 e. The highest BCUT2D eigenvalue weighted by Crippen LogP contribution is 2.48. The van der Waals surface area contributed by atoms with Gasteiger partial charge in [-0.3, -0.25) is 9.59 Å². The lowest BCUT2D eigenvalue weighted by molar-refractivity contribution is -0.124. The zero-order chi connectivity index (χ0) is 24.8. The molecular formula is C28H26N2O6. The van der Waals surface area contributed by atoms with Crippen LogP contribution in [0.3, 0.4) is 0 Å². The van der Waals surface area contributed by atoms with Gasteiger partial charge in [-0.2, -0.15) is 0 Å². The van der Waals surface area contributed by atoms with E-state index in [2.05, 4.69) is 11.4 Å². The van der Waals surface area contributed by atoms with E-state index in [9.17, 15) is 9.59 Å². The largest absolute Gasteiger partial charge is 0.493 e. The van der Waals surface area contributed by atoms with E-state index in [-0.39, 0.29) is 18.6 Å². The quantitative estimate of drug-likeness (QED) is 0.593. The summed E-state index contributed by atoms with van der Waals surface area (Å²) in [5.41, 5.74) is 4.16. The summed E-state index contributed by atoms with van der Waals surface area (Å²) in [5.74, 6) is 1.41. The van der Waals surface area contributed by atoms with E-state index < -0.39 is 12.0 Å². The van der Waals surface area contributed by atoms with Gasteiger partial charge in [-0.1, -0.05) is 30.3 Å². The van der Waals surface area contributed by atoms with Gasteiger partial charge in [0.25, 0.3) is 5.91 Å². The molecule has 3 aliphatic rings.